The quantitative estimate of drug-likeness (QED) is 0.754. The Hall–Kier alpha value is -1.38. The van der Waals surface area contributed by atoms with E-state index in [-0.39, 0.29) is 0 Å². The van der Waals surface area contributed by atoms with E-state index in [2.05, 4.69) is 0 Å². The summed E-state index contributed by atoms with van der Waals surface area (Å²) in [6.45, 7) is 3.34. The van der Waals surface area contributed by atoms with Gasteiger partial charge in [0.05, 0.1) is 13.2 Å². The van der Waals surface area contributed by atoms with Crippen LogP contribution in [0.1, 0.15) is 19.8 Å². The summed E-state index contributed by atoms with van der Waals surface area (Å²) in [6, 6.07) is 5.66. The van der Waals surface area contributed by atoms with Gasteiger partial charge in [-0.05, 0) is 37.8 Å². The van der Waals surface area contributed by atoms with Crippen molar-refractivity contribution in [1.29, 1.82) is 0 Å². The fourth-order valence-electron chi connectivity index (χ4n) is 1.42. The number of benzene rings is 1. The zero-order valence-corrected chi connectivity index (χ0v) is 9.03. The predicted molar refractivity (Wildman–Crippen MR) is 60.2 cm³/mol. The normalized spacial score (nSPS) is 15.0. The minimum absolute atomic E-state index is 0.611. The molecule has 1 aromatic carbocycles. The Bertz CT molecular complexity index is 334. The first-order valence-corrected chi connectivity index (χ1v) is 5.45. The van der Waals surface area contributed by atoms with Crippen LogP contribution in [-0.2, 0) is 0 Å². The van der Waals surface area contributed by atoms with Crippen molar-refractivity contribution in [3.63, 3.8) is 0 Å². The smallest absolute Gasteiger partial charge is 0.146 e. The second-order valence-corrected chi connectivity index (χ2v) is 3.86. The maximum atomic E-state index is 5.93. The van der Waals surface area contributed by atoms with Crippen LogP contribution in [0.4, 0.5) is 5.69 Å². The number of para-hydroxylation sites is 1. The number of rotatable bonds is 5. The Morgan fingerprint density at radius 1 is 1.27 bits per heavy atom. The van der Waals surface area contributed by atoms with Gasteiger partial charge in [0, 0.05) is 0 Å². The van der Waals surface area contributed by atoms with E-state index in [4.69, 9.17) is 15.2 Å². The van der Waals surface area contributed by atoms with E-state index in [0.29, 0.717) is 18.0 Å². The monoisotopic (exact) mass is 207 g/mol. The molecule has 1 aliphatic rings. The molecule has 0 radical (unpaired) electrons. The van der Waals surface area contributed by atoms with Crippen LogP contribution in [-0.4, -0.2) is 13.2 Å². The molecule has 15 heavy (non-hydrogen) atoms. The second-order valence-electron chi connectivity index (χ2n) is 3.86. The lowest BCUT2D eigenvalue weighted by atomic mass is 10.2. The Labute approximate surface area is 90.2 Å². The molecule has 1 aliphatic carbocycles. The van der Waals surface area contributed by atoms with Gasteiger partial charge in [0.1, 0.15) is 17.2 Å². The molecule has 2 N–H and O–H groups in total. The fraction of sp³-hybridized carbons (Fsp3) is 0.500. The molecule has 0 heterocycles. The SMILES string of the molecule is CCOc1cccc(OCC2CC2)c1N. The van der Waals surface area contributed by atoms with E-state index < -0.39 is 0 Å². The van der Waals surface area contributed by atoms with Crippen LogP contribution in [0.2, 0.25) is 0 Å². The van der Waals surface area contributed by atoms with E-state index in [1.165, 1.54) is 12.8 Å². The van der Waals surface area contributed by atoms with Crippen LogP contribution < -0.4 is 15.2 Å². The van der Waals surface area contributed by atoms with Gasteiger partial charge in [-0.3, -0.25) is 0 Å². The van der Waals surface area contributed by atoms with Gasteiger partial charge in [-0.15, -0.1) is 0 Å². The van der Waals surface area contributed by atoms with Crippen LogP contribution in [0.25, 0.3) is 0 Å². The molecule has 1 saturated carbocycles. The summed E-state index contributed by atoms with van der Waals surface area (Å²) in [7, 11) is 0. The third-order valence-electron chi connectivity index (χ3n) is 2.50. The zero-order valence-electron chi connectivity index (χ0n) is 9.03. The largest absolute Gasteiger partial charge is 0.492 e. The van der Waals surface area contributed by atoms with Crippen molar-refractivity contribution in [2.24, 2.45) is 5.92 Å². The molecule has 0 aliphatic heterocycles. The fourth-order valence-corrected chi connectivity index (χ4v) is 1.42. The summed E-state index contributed by atoms with van der Waals surface area (Å²) in [5, 5.41) is 0. The van der Waals surface area contributed by atoms with Crippen molar-refractivity contribution in [3.8, 4) is 11.5 Å². The van der Waals surface area contributed by atoms with Crippen LogP contribution in [0.5, 0.6) is 11.5 Å². The van der Waals surface area contributed by atoms with E-state index in [9.17, 15) is 0 Å². The molecule has 0 unspecified atom stereocenters. The van der Waals surface area contributed by atoms with Gasteiger partial charge in [-0.2, -0.15) is 0 Å². The molecular formula is C12H17NO2. The Balaban J connectivity index is 2.04. The number of hydrogen-bond donors (Lipinski definition) is 1. The number of hydrogen-bond acceptors (Lipinski definition) is 3. The Morgan fingerprint density at radius 3 is 2.53 bits per heavy atom. The minimum atomic E-state index is 0.611. The highest BCUT2D eigenvalue weighted by Gasteiger charge is 2.22. The van der Waals surface area contributed by atoms with Crippen molar-refractivity contribution in [2.75, 3.05) is 18.9 Å². The highest BCUT2D eigenvalue weighted by molar-refractivity contribution is 5.62. The summed E-state index contributed by atoms with van der Waals surface area (Å²) in [6.07, 6.45) is 2.57. The van der Waals surface area contributed by atoms with E-state index >= 15 is 0 Å². The number of nitrogen functional groups attached to an aromatic ring is 1. The lowest BCUT2D eigenvalue weighted by Gasteiger charge is -2.12. The van der Waals surface area contributed by atoms with Crippen LogP contribution in [0.3, 0.4) is 0 Å². The summed E-state index contributed by atoms with van der Waals surface area (Å²) >= 11 is 0. The Kier molecular flexibility index (Phi) is 2.99. The predicted octanol–water partition coefficient (Wildman–Crippen LogP) is 2.46. The third kappa shape index (κ3) is 2.55. The molecule has 1 aromatic rings. The van der Waals surface area contributed by atoms with Crippen molar-refractivity contribution in [2.45, 2.75) is 19.8 Å². The summed E-state index contributed by atoms with van der Waals surface area (Å²) < 4.78 is 11.0. The number of ether oxygens (including phenoxy) is 2. The molecule has 0 aromatic heterocycles. The first kappa shape index (κ1) is 10.1. The molecular weight excluding hydrogens is 190 g/mol. The molecule has 2 rings (SSSR count). The van der Waals surface area contributed by atoms with Gasteiger partial charge < -0.3 is 15.2 Å². The lowest BCUT2D eigenvalue weighted by Crippen LogP contribution is -2.03. The molecule has 1 fully saturated rings. The van der Waals surface area contributed by atoms with Crippen molar-refractivity contribution < 1.29 is 9.47 Å². The molecule has 0 bridgehead atoms. The molecule has 0 atom stereocenters. The van der Waals surface area contributed by atoms with Gasteiger partial charge in [0.2, 0.25) is 0 Å². The standard InChI is InChI=1S/C12H17NO2/c1-2-14-10-4-3-5-11(12(10)13)15-8-9-6-7-9/h3-5,9H,2,6-8,13H2,1H3. The van der Waals surface area contributed by atoms with Crippen molar-refractivity contribution in [3.05, 3.63) is 18.2 Å². The highest BCUT2D eigenvalue weighted by atomic mass is 16.5. The van der Waals surface area contributed by atoms with Crippen molar-refractivity contribution >= 4 is 5.69 Å². The maximum Gasteiger partial charge on any atom is 0.146 e. The molecule has 0 amide bonds. The molecule has 3 heteroatoms. The van der Waals surface area contributed by atoms with Gasteiger partial charge in [-0.25, -0.2) is 0 Å². The summed E-state index contributed by atoms with van der Waals surface area (Å²) in [5.74, 6) is 2.19. The second kappa shape index (κ2) is 4.43. The molecule has 0 saturated heterocycles. The first-order valence-electron chi connectivity index (χ1n) is 5.45. The topological polar surface area (TPSA) is 44.5 Å². The van der Waals surface area contributed by atoms with Crippen LogP contribution >= 0.6 is 0 Å². The molecule has 3 nitrogen and oxygen atoms in total. The highest BCUT2D eigenvalue weighted by Crippen LogP contribution is 2.34. The summed E-state index contributed by atoms with van der Waals surface area (Å²) in [4.78, 5) is 0. The van der Waals surface area contributed by atoms with E-state index in [0.717, 1.165) is 18.3 Å². The van der Waals surface area contributed by atoms with Crippen LogP contribution in [0.15, 0.2) is 18.2 Å². The lowest BCUT2D eigenvalue weighted by molar-refractivity contribution is 0.297. The summed E-state index contributed by atoms with van der Waals surface area (Å²) in [5.41, 5.74) is 6.54. The third-order valence-corrected chi connectivity index (χ3v) is 2.50. The Morgan fingerprint density at radius 2 is 1.93 bits per heavy atom. The van der Waals surface area contributed by atoms with Gasteiger partial charge in [-0.1, -0.05) is 6.07 Å². The van der Waals surface area contributed by atoms with Gasteiger partial charge >= 0.3 is 0 Å². The maximum absolute atomic E-state index is 5.93. The van der Waals surface area contributed by atoms with Gasteiger partial charge in [0.15, 0.2) is 0 Å². The number of nitrogens with two attached hydrogens (primary N) is 1. The van der Waals surface area contributed by atoms with Crippen molar-refractivity contribution in [1.82, 2.24) is 0 Å². The molecule has 0 spiro atoms. The van der Waals surface area contributed by atoms with E-state index in [1.807, 2.05) is 25.1 Å². The van der Waals surface area contributed by atoms with Gasteiger partial charge in [0.25, 0.3) is 0 Å². The molecule has 82 valence electrons. The van der Waals surface area contributed by atoms with Crippen LogP contribution in [0, 0.1) is 5.92 Å². The zero-order chi connectivity index (χ0) is 10.7. The minimum Gasteiger partial charge on any atom is -0.492 e. The average molecular weight is 207 g/mol. The first-order chi connectivity index (χ1) is 7.31. The van der Waals surface area contributed by atoms with E-state index in [1.54, 1.807) is 0 Å². The average Bonchev–Trinajstić information content (AvgIpc) is 3.03. The number of anilines is 1.